The van der Waals surface area contributed by atoms with Crippen molar-refractivity contribution >= 4 is 11.9 Å². The molecule has 37 heavy (non-hydrogen) atoms. The Hall–Kier alpha value is -1.58. The normalized spacial score (nSPS) is 12.5. The first-order chi connectivity index (χ1) is 18.1. The second-order valence-corrected chi connectivity index (χ2v) is 10.6. The summed E-state index contributed by atoms with van der Waals surface area (Å²) in [5.74, 6) is -0.797. The number of carboxylic acids is 1. The SMILES string of the molecule is CCCC/C=C\CCCCCCCC(=O)OC(/C=C\CCCCCCCCC)CCCCCCC(=O)O. The van der Waals surface area contributed by atoms with Gasteiger partial charge in [-0.1, -0.05) is 116 Å². The van der Waals surface area contributed by atoms with Gasteiger partial charge in [0.2, 0.25) is 0 Å². The summed E-state index contributed by atoms with van der Waals surface area (Å²) in [6, 6.07) is 0. The maximum absolute atomic E-state index is 12.5. The first kappa shape index (κ1) is 35.4. The highest BCUT2D eigenvalue weighted by molar-refractivity contribution is 5.69. The Bertz CT molecular complexity index is 567. The fraction of sp³-hybridized carbons (Fsp3) is 0.818. The molecule has 0 aliphatic heterocycles. The van der Waals surface area contributed by atoms with Crippen LogP contribution in [-0.2, 0) is 14.3 Å². The number of esters is 1. The number of allylic oxidation sites excluding steroid dienone is 3. The fourth-order valence-electron chi connectivity index (χ4n) is 4.48. The number of carbonyl (C=O) groups excluding carboxylic acids is 1. The van der Waals surface area contributed by atoms with Gasteiger partial charge in [-0.05, 0) is 63.9 Å². The molecule has 0 fully saturated rings. The molecule has 1 unspecified atom stereocenters. The fourth-order valence-corrected chi connectivity index (χ4v) is 4.48. The van der Waals surface area contributed by atoms with Gasteiger partial charge in [-0.3, -0.25) is 9.59 Å². The summed E-state index contributed by atoms with van der Waals surface area (Å²) >= 11 is 0. The third-order valence-corrected chi connectivity index (χ3v) is 6.88. The first-order valence-corrected chi connectivity index (χ1v) is 15.8. The topological polar surface area (TPSA) is 63.6 Å². The van der Waals surface area contributed by atoms with Crippen molar-refractivity contribution in [1.29, 1.82) is 0 Å². The van der Waals surface area contributed by atoms with Crippen LogP contribution >= 0.6 is 0 Å². The molecule has 0 amide bonds. The van der Waals surface area contributed by atoms with Crippen LogP contribution in [0.15, 0.2) is 24.3 Å². The van der Waals surface area contributed by atoms with Crippen molar-refractivity contribution in [3.63, 3.8) is 0 Å². The van der Waals surface area contributed by atoms with Crippen molar-refractivity contribution in [2.75, 3.05) is 0 Å². The molecule has 0 heterocycles. The maximum atomic E-state index is 12.5. The Labute approximate surface area is 229 Å². The molecule has 0 saturated carbocycles. The monoisotopic (exact) mass is 520 g/mol. The molecular weight excluding hydrogens is 460 g/mol. The number of carbonyl (C=O) groups is 2. The van der Waals surface area contributed by atoms with Crippen LogP contribution in [0.25, 0.3) is 0 Å². The van der Waals surface area contributed by atoms with Crippen molar-refractivity contribution in [2.45, 2.75) is 174 Å². The smallest absolute Gasteiger partial charge is 0.306 e. The molecule has 0 aromatic carbocycles. The molecule has 0 saturated heterocycles. The average Bonchev–Trinajstić information content (AvgIpc) is 2.87. The van der Waals surface area contributed by atoms with Crippen molar-refractivity contribution in [2.24, 2.45) is 0 Å². The minimum Gasteiger partial charge on any atom is -0.481 e. The molecule has 0 aliphatic carbocycles. The van der Waals surface area contributed by atoms with E-state index < -0.39 is 5.97 Å². The van der Waals surface area contributed by atoms with Crippen LogP contribution in [-0.4, -0.2) is 23.1 Å². The van der Waals surface area contributed by atoms with Gasteiger partial charge >= 0.3 is 11.9 Å². The third-order valence-electron chi connectivity index (χ3n) is 6.88. The van der Waals surface area contributed by atoms with Crippen LogP contribution in [0.3, 0.4) is 0 Å². The Balaban J connectivity index is 4.13. The molecule has 1 atom stereocenters. The van der Waals surface area contributed by atoms with E-state index in [1.54, 1.807) is 0 Å². The second kappa shape index (κ2) is 29.0. The van der Waals surface area contributed by atoms with E-state index in [9.17, 15) is 9.59 Å². The molecular formula is C33H60O4. The zero-order valence-electron chi connectivity index (χ0n) is 24.5. The molecule has 216 valence electrons. The molecule has 0 aromatic heterocycles. The average molecular weight is 521 g/mol. The molecule has 0 bridgehead atoms. The zero-order chi connectivity index (χ0) is 27.2. The van der Waals surface area contributed by atoms with E-state index in [4.69, 9.17) is 9.84 Å². The highest BCUT2D eigenvalue weighted by Gasteiger charge is 2.11. The summed E-state index contributed by atoms with van der Waals surface area (Å²) in [6.45, 7) is 4.48. The predicted molar refractivity (Wildman–Crippen MR) is 158 cm³/mol. The van der Waals surface area contributed by atoms with E-state index in [1.165, 1.54) is 89.9 Å². The van der Waals surface area contributed by atoms with Crippen LogP contribution < -0.4 is 0 Å². The molecule has 0 rings (SSSR count). The number of unbranched alkanes of at least 4 members (excludes halogenated alkanes) is 17. The largest absolute Gasteiger partial charge is 0.481 e. The summed E-state index contributed by atoms with van der Waals surface area (Å²) in [6.07, 6.45) is 34.8. The van der Waals surface area contributed by atoms with Crippen LogP contribution in [0.5, 0.6) is 0 Å². The Kier molecular flexibility index (Phi) is 27.7. The van der Waals surface area contributed by atoms with E-state index in [2.05, 4.69) is 38.2 Å². The molecule has 0 spiro atoms. The van der Waals surface area contributed by atoms with E-state index >= 15 is 0 Å². The van der Waals surface area contributed by atoms with E-state index in [0.717, 1.165) is 51.4 Å². The van der Waals surface area contributed by atoms with Gasteiger partial charge in [0.25, 0.3) is 0 Å². The number of aliphatic carboxylic acids is 1. The van der Waals surface area contributed by atoms with Crippen LogP contribution in [0.2, 0.25) is 0 Å². The number of carboxylic acid groups (broad SMARTS) is 1. The van der Waals surface area contributed by atoms with Gasteiger partial charge in [0.05, 0.1) is 0 Å². The lowest BCUT2D eigenvalue weighted by molar-refractivity contribution is -0.147. The molecule has 0 radical (unpaired) electrons. The lowest BCUT2D eigenvalue weighted by Gasteiger charge is -2.15. The lowest BCUT2D eigenvalue weighted by Crippen LogP contribution is -2.16. The minimum atomic E-state index is -0.723. The number of ether oxygens (including phenoxy) is 1. The van der Waals surface area contributed by atoms with E-state index in [-0.39, 0.29) is 18.5 Å². The van der Waals surface area contributed by atoms with Gasteiger partial charge < -0.3 is 9.84 Å². The molecule has 0 aromatic rings. The van der Waals surface area contributed by atoms with Gasteiger partial charge in [0, 0.05) is 12.8 Å². The Morgan fingerprint density at radius 2 is 1.08 bits per heavy atom. The number of rotatable bonds is 28. The maximum Gasteiger partial charge on any atom is 0.306 e. The summed E-state index contributed by atoms with van der Waals surface area (Å²) in [4.78, 5) is 23.1. The van der Waals surface area contributed by atoms with Crippen LogP contribution in [0.1, 0.15) is 168 Å². The van der Waals surface area contributed by atoms with Crippen molar-refractivity contribution in [3.05, 3.63) is 24.3 Å². The summed E-state index contributed by atoms with van der Waals surface area (Å²) in [5.41, 5.74) is 0. The van der Waals surface area contributed by atoms with Gasteiger partial charge in [0.15, 0.2) is 0 Å². The number of hydrogen-bond donors (Lipinski definition) is 1. The zero-order valence-corrected chi connectivity index (χ0v) is 24.5. The van der Waals surface area contributed by atoms with E-state index in [1.807, 2.05) is 0 Å². The molecule has 0 aliphatic rings. The van der Waals surface area contributed by atoms with Crippen molar-refractivity contribution < 1.29 is 19.4 Å². The molecule has 1 N–H and O–H groups in total. The van der Waals surface area contributed by atoms with Gasteiger partial charge in [0.1, 0.15) is 6.10 Å². The van der Waals surface area contributed by atoms with Gasteiger partial charge in [-0.15, -0.1) is 0 Å². The summed E-state index contributed by atoms with van der Waals surface area (Å²) in [7, 11) is 0. The van der Waals surface area contributed by atoms with Gasteiger partial charge in [-0.2, -0.15) is 0 Å². The van der Waals surface area contributed by atoms with Crippen molar-refractivity contribution in [1.82, 2.24) is 0 Å². The predicted octanol–water partition coefficient (Wildman–Crippen LogP) is 10.5. The summed E-state index contributed by atoms with van der Waals surface area (Å²) in [5, 5.41) is 8.78. The quantitative estimate of drug-likeness (QED) is 0.0633. The summed E-state index contributed by atoms with van der Waals surface area (Å²) < 4.78 is 5.83. The van der Waals surface area contributed by atoms with Gasteiger partial charge in [-0.25, -0.2) is 0 Å². The number of hydrogen-bond acceptors (Lipinski definition) is 3. The highest BCUT2D eigenvalue weighted by atomic mass is 16.5. The Morgan fingerprint density at radius 1 is 0.595 bits per heavy atom. The lowest BCUT2D eigenvalue weighted by atomic mass is 10.1. The highest BCUT2D eigenvalue weighted by Crippen LogP contribution is 2.15. The van der Waals surface area contributed by atoms with E-state index in [0.29, 0.717) is 6.42 Å². The van der Waals surface area contributed by atoms with Crippen LogP contribution in [0, 0.1) is 0 Å². The van der Waals surface area contributed by atoms with Crippen LogP contribution in [0.4, 0.5) is 0 Å². The first-order valence-electron chi connectivity index (χ1n) is 15.8. The second-order valence-electron chi connectivity index (χ2n) is 10.6. The molecule has 4 nitrogen and oxygen atoms in total. The Morgan fingerprint density at radius 3 is 1.70 bits per heavy atom. The minimum absolute atomic E-state index is 0.0738. The standard InChI is InChI=1S/C33H60O4/c1-3-5-7-9-11-13-14-16-18-20-26-30-33(36)37-31(28-24-21-22-25-29-32(34)35)27-23-19-17-15-12-10-8-6-4-2/h9,11,23,27,31H,3-8,10,12-22,24-26,28-30H2,1-2H3,(H,34,35)/b11-9-,27-23-. The molecule has 4 heteroatoms. The third kappa shape index (κ3) is 28.8. The van der Waals surface area contributed by atoms with Crippen molar-refractivity contribution in [3.8, 4) is 0 Å².